The molecule has 0 atom stereocenters. The molecule has 2 nitrogen and oxygen atoms in total. The lowest BCUT2D eigenvalue weighted by molar-refractivity contribution is 0.268. The van der Waals surface area contributed by atoms with E-state index in [1.165, 1.54) is 28.7 Å². The number of likely N-dealkylation sites (N-methyl/N-ethyl adjacent to an activating group) is 1. The van der Waals surface area contributed by atoms with Gasteiger partial charge in [0.1, 0.15) is 0 Å². The van der Waals surface area contributed by atoms with Crippen LogP contribution in [0, 0.1) is 0 Å². The van der Waals surface area contributed by atoms with Crippen molar-refractivity contribution in [2.45, 2.75) is 19.9 Å². The Morgan fingerprint density at radius 2 is 2.31 bits per heavy atom. The smallest absolute Gasteiger partial charge is 0.0460 e. The molecule has 0 bridgehead atoms. The summed E-state index contributed by atoms with van der Waals surface area (Å²) in [6.07, 6.45) is 1.15. The lowest BCUT2D eigenvalue weighted by Gasteiger charge is -2.25. The number of halogens is 1. The first-order valence-electron chi connectivity index (χ1n) is 5.79. The number of H-pyrrole nitrogens is 1. The number of hydrogen-bond donors (Lipinski definition) is 1. The van der Waals surface area contributed by atoms with Gasteiger partial charge in [-0.2, -0.15) is 0 Å². The van der Waals surface area contributed by atoms with Crippen molar-refractivity contribution in [3.8, 4) is 0 Å². The monoisotopic (exact) mass is 278 g/mol. The summed E-state index contributed by atoms with van der Waals surface area (Å²) in [6.45, 7) is 5.63. The average Bonchev–Trinajstić information content (AvgIpc) is 2.66. The molecule has 16 heavy (non-hydrogen) atoms. The lowest BCUT2D eigenvalue weighted by Crippen LogP contribution is -2.29. The van der Waals surface area contributed by atoms with Gasteiger partial charge in [-0.1, -0.05) is 22.9 Å². The number of rotatable bonds is 1. The molecule has 2 aromatic rings. The predicted octanol–water partition coefficient (Wildman–Crippen LogP) is 3.31. The van der Waals surface area contributed by atoms with Crippen LogP contribution < -0.4 is 0 Å². The molecular formula is C13H15BrN2. The zero-order chi connectivity index (χ0) is 11.1. The zero-order valence-electron chi connectivity index (χ0n) is 9.39. The van der Waals surface area contributed by atoms with Crippen LogP contribution in [0.3, 0.4) is 0 Å². The molecular weight excluding hydrogens is 264 g/mol. The Morgan fingerprint density at radius 3 is 3.12 bits per heavy atom. The van der Waals surface area contributed by atoms with Crippen molar-refractivity contribution >= 4 is 26.8 Å². The fourth-order valence-electron chi connectivity index (χ4n) is 2.51. The second-order valence-electron chi connectivity index (χ2n) is 4.39. The van der Waals surface area contributed by atoms with E-state index in [1.807, 2.05) is 0 Å². The minimum atomic E-state index is 1.09. The number of nitrogens with zero attached hydrogens (tertiary/aromatic N) is 1. The molecule has 1 aromatic heterocycles. The molecule has 0 unspecified atom stereocenters. The maximum Gasteiger partial charge on any atom is 0.0460 e. The maximum absolute atomic E-state index is 3.55. The summed E-state index contributed by atoms with van der Waals surface area (Å²) in [7, 11) is 0. The molecule has 2 heterocycles. The van der Waals surface area contributed by atoms with E-state index in [4.69, 9.17) is 0 Å². The predicted molar refractivity (Wildman–Crippen MR) is 70.7 cm³/mol. The van der Waals surface area contributed by atoms with Gasteiger partial charge in [0.2, 0.25) is 0 Å². The summed E-state index contributed by atoms with van der Waals surface area (Å²) in [4.78, 5) is 6.04. The standard InChI is InChI=1S/C13H15BrN2/c1-2-16-6-5-13-11(8-16)10-7-9(14)3-4-12(10)15-13/h3-4,7,15H,2,5-6,8H2,1H3. The van der Waals surface area contributed by atoms with Crippen molar-refractivity contribution in [2.24, 2.45) is 0 Å². The third kappa shape index (κ3) is 1.59. The highest BCUT2D eigenvalue weighted by Crippen LogP contribution is 2.29. The van der Waals surface area contributed by atoms with E-state index in [1.54, 1.807) is 0 Å². The van der Waals surface area contributed by atoms with Crippen LogP contribution in [0.5, 0.6) is 0 Å². The molecule has 3 rings (SSSR count). The normalized spacial score (nSPS) is 16.6. The van der Waals surface area contributed by atoms with Crippen LogP contribution in [-0.4, -0.2) is 23.0 Å². The molecule has 0 saturated carbocycles. The van der Waals surface area contributed by atoms with E-state index in [0.29, 0.717) is 0 Å². The van der Waals surface area contributed by atoms with Crippen LogP contribution >= 0.6 is 15.9 Å². The lowest BCUT2D eigenvalue weighted by atomic mass is 10.0. The molecule has 1 aromatic carbocycles. The van der Waals surface area contributed by atoms with Gasteiger partial charge in [0, 0.05) is 40.6 Å². The van der Waals surface area contributed by atoms with Crippen molar-refractivity contribution in [2.75, 3.05) is 13.1 Å². The first-order valence-corrected chi connectivity index (χ1v) is 6.58. The maximum atomic E-state index is 3.55. The highest BCUT2D eigenvalue weighted by Gasteiger charge is 2.19. The zero-order valence-corrected chi connectivity index (χ0v) is 11.0. The first kappa shape index (κ1) is 10.4. The van der Waals surface area contributed by atoms with Crippen LogP contribution in [0.25, 0.3) is 10.9 Å². The van der Waals surface area contributed by atoms with Crippen LogP contribution in [0.1, 0.15) is 18.2 Å². The minimum absolute atomic E-state index is 1.09. The molecule has 1 N–H and O–H groups in total. The molecule has 0 saturated heterocycles. The van der Waals surface area contributed by atoms with E-state index in [0.717, 1.165) is 24.0 Å². The Hall–Kier alpha value is -0.800. The third-order valence-corrected chi connectivity index (χ3v) is 3.96. The van der Waals surface area contributed by atoms with E-state index in [9.17, 15) is 0 Å². The Bertz CT molecular complexity index is 530. The molecule has 1 aliphatic heterocycles. The van der Waals surface area contributed by atoms with Crippen molar-refractivity contribution in [1.29, 1.82) is 0 Å². The minimum Gasteiger partial charge on any atom is -0.358 e. The summed E-state index contributed by atoms with van der Waals surface area (Å²) >= 11 is 3.55. The van der Waals surface area contributed by atoms with Crippen LogP contribution in [0.4, 0.5) is 0 Å². The molecule has 84 valence electrons. The first-order chi connectivity index (χ1) is 7.78. The van der Waals surface area contributed by atoms with E-state index < -0.39 is 0 Å². The van der Waals surface area contributed by atoms with Crippen molar-refractivity contribution in [1.82, 2.24) is 9.88 Å². The SMILES string of the molecule is CCN1CCc2[nH]c3ccc(Br)cc3c2C1. The number of hydrogen-bond acceptors (Lipinski definition) is 1. The van der Waals surface area contributed by atoms with Gasteiger partial charge in [-0.25, -0.2) is 0 Å². The van der Waals surface area contributed by atoms with Crippen molar-refractivity contribution < 1.29 is 0 Å². The number of benzene rings is 1. The summed E-state index contributed by atoms with van der Waals surface area (Å²) < 4.78 is 1.16. The van der Waals surface area contributed by atoms with E-state index >= 15 is 0 Å². The topological polar surface area (TPSA) is 19.0 Å². The van der Waals surface area contributed by atoms with E-state index in [2.05, 4.69) is 50.9 Å². The van der Waals surface area contributed by atoms with Crippen molar-refractivity contribution in [3.63, 3.8) is 0 Å². The summed E-state index contributed by atoms with van der Waals surface area (Å²) in [5.41, 5.74) is 4.19. The Balaban J connectivity index is 2.15. The third-order valence-electron chi connectivity index (χ3n) is 3.46. The fraction of sp³-hybridized carbons (Fsp3) is 0.385. The molecule has 0 aliphatic carbocycles. The highest BCUT2D eigenvalue weighted by molar-refractivity contribution is 9.10. The second kappa shape index (κ2) is 3.90. The molecule has 3 heteroatoms. The van der Waals surface area contributed by atoms with Gasteiger partial charge in [-0.15, -0.1) is 0 Å². The van der Waals surface area contributed by atoms with Gasteiger partial charge >= 0.3 is 0 Å². The summed E-state index contributed by atoms with van der Waals surface area (Å²) in [5, 5.41) is 1.38. The Labute approximate surface area is 104 Å². The van der Waals surface area contributed by atoms with E-state index in [-0.39, 0.29) is 0 Å². The molecule has 0 radical (unpaired) electrons. The van der Waals surface area contributed by atoms with Gasteiger partial charge in [0.25, 0.3) is 0 Å². The van der Waals surface area contributed by atoms with Gasteiger partial charge < -0.3 is 4.98 Å². The molecule has 1 aliphatic rings. The molecule has 0 amide bonds. The summed E-state index contributed by atoms with van der Waals surface area (Å²) in [5.74, 6) is 0. The molecule has 0 fully saturated rings. The largest absolute Gasteiger partial charge is 0.358 e. The second-order valence-corrected chi connectivity index (χ2v) is 5.31. The number of nitrogens with one attached hydrogen (secondary N) is 1. The van der Waals surface area contributed by atoms with Crippen LogP contribution in [0.2, 0.25) is 0 Å². The average molecular weight is 279 g/mol. The number of aromatic nitrogens is 1. The number of aromatic amines is 1. The Kier molecular flexibility index (Phi) is 2.52. The molecule has 0 spiro atoms. The Morgan fingerprint density at radius 1 is 1.44 bits per heavy atom. The quantitative estimate of drug-likeness (QED) is 0.848. The number of fused-ring (bicyclic) bond motifs is 3. The van der Waals surface area contributed by atoms with Crippen LogP contribution in [-0.2, 0) is 13.0 Å². The van der Waals surface area contributed by atoms with Gasteiger partial charge in [-0.3, -0.25) is 4.90 Å². The highest BCUT2D eigenvalue weighted by atomic mass is 79.9. The van der Waals surface area contributed by atoms with Gasteiger partial charge in [0.05, 0.1) is 0 Å². The summed E-state index contributed by atoms with van der Waals surface area (Å²) in [6, 6.07) is 6.49. The van der Waals surface area contributed by atoms with Crippen LogP contribution in [0.15, 0.2) is 22.7 Å². The van der Waals surface area contributed by atoms with Gasteiger partial charge in [0.15, 0.2) is 0 Å². The fourth-order valence-corrected chi connectivity index (χ4v) is 2.87. The van der Waals surface area contributed by atoms with Crippen molar-refractivity contribution in [3.05, 3.63) is 33.9 Å². The van der Waals surface area contributed by atoms with Gasteiger partial charge in [-0.05, 0) is 30.3 Å².